The third kappa shape index (κ3) is 6.50. The molecule has 0 aliphatic heterocycles. The molecule has 0 saturated heterocycles. The monoisotopic (exact) mass is 569 g/mol. The molecule has 2 N–H and O–H groups in total. The molecule has 4 aromatic rings. The predicted octanol–water partition coefficient (Wildman–Crippen LogP) is 3.01. The second-order valence-corrected chi connectivity index (χ2v) is 10.2. The first-order valence-corrected chi connectivity index (χ1v) is 12.7. The molecule has 4 aromatic heterocycles. The Labute approximate surface area is 232 Å². The van der Waals surface area contributed by atoms with Gasteiger partial charge in [-0.25, -0.2) is 4.79 Å². The standard InChI is InChI=1S/C25H27N7O7S/c1-14(33)28-18-8-10-27-32(18)24-31-30-23(40-24)29-21(34)17-11-15(19-16(37-5)7-6-9-26-19)20(22(35)39-17)38-13-25(2,3)12-36-4/h6-11H,12-13H2,1-5H3,(H,28,33)(H,29,30,34). The van der Waals surface area contributed by atoms with E-state index in [0.717, 1.165) is 11.3 Å². The first kappa shape index (κ1) is 28.4. The van der Waals surface area contributed by atoms with Crippen LogP contribution in [0.2, 0.25) is 0 Å². The zero-order valence-electron chi connectivity index (χ0n) is 22.4. The Morgan fingerprint density at radius 3 is 2.65 bits per heavy atom. The first-order chi connectivity index (χ1) is 19.1. The first-order valence-electron chi connectivity index (χ1n) is 11.9. The van der Waals surface area contributed by atoms with Gasteiger partial charge in [0.05, 0.1) is 32.1 Å². The van der Waals surface area contributed by atoms with Crippen LogP contribution in [0.5, 0.6) is 11.5 Å². The van der Waals surface area contributed by atoms with Gasteiger partial charge in [0, 0.05) is 37.8 Å². The number of carbonyl (C=O) groups is 2. The summed E-state index contributed by atoms with van der Waals surface area (Å²) in [5.41, 5.74) is -0.805. The molecule has 2 amide bonds. The van der Waals surface area contributed by atoms with E-state index in [-0.39, 0.29) is 45.5 Å². The molecule has 40 heavy (non-hydrogen) atoms. The maximum atomic E-state index is 13.1. The summed E-state index contributed by atoms with van der Waals surface area (Å²) in [5, 5.41) is 17.7. The van der Waals surface area contributed by atoms with E-state index in [2.05, 4.69) is 30.9 Å². The molecule has 0 saturated carbocycles. The molecule has 0 radical (unpaired) electrons. The number of nitrogens with zero attached hydrogens (tertiary/aromatic N) is 5. The fraction of sp³-hybridized carbons (Fsp3) is 0.320. The summed E-state index contributed by atoms with van der Waals surface area (Å²) in [4.78, 5) is 42.0. The number of anilines is 2. The topological polar surface area (TPSA) is 173 Å². The van der Waals surface area contributed by atoms with Crippen molar-refractivity contribution in [3.63, 3.8) is 0 Å². The second-order valence-electron chi connectivity index (χ2n) is 9.23. The van der Waals surface area contributed by atoms with Crippen molar-refractivity contribution in [2.45, 2.75) is 20.8 Å². The zero-order valence-corrected chi connectivity index (χ0v) is 23.2. The minimum atomic E-state index is -0.877. The van der Waals surface area contributed by atoms with E-state index in [1.54, 1.807) is 25.3 Å². The summed E-state index contributed by atoms with van der Waals surface area (Å²) >= 11 is 0.991. The van der Waals surface area contributed by atoms with Gasteiger partial charge >= 0.3 is 5.63 Å². The highest BCUT2D eigenvalue weighted by atomic mass is 32.1. The average Bonchev–Trinajstić information content (AvgIpc) is 3.56. The summed E-state index contributed by atoms with van der Waals surface area (Å²) < 4.78 is 23.3. The minimum Gasteiger partial charge on any atom is -0.494 e. The van der Waals surface area contributed by atoms with Crippen molar-refractivity contribution in [1.82, 2.24) is 25.0 Å². The van der Waals surface area contributed by atoms with Crippen LogP contribution >= 0.6 is 11.3 Å². The van der Waals surface area contributed by atoms with Gasteiger partial charge in [-0.15, -0.1) is 10.2 Å². The van der Waals surface area contributed by atoms with Crippen LogP contribution in [0.4, 0.5) is 10.9 Å². The van der Waals surface area contributed by atoms with Crippen LogP contribution in [-0.4, -0.2) is 64.2 Å². The van der Waals surface area contributed by atoms with Crippen LogP contribution < -0.4 is 25.7 Å². The molecule has 0 atom stereocenters. The molecule has 0 bridgehead atoms. The number of methoxy groups -OCH3 is 2. The van der Waals surface area contributed by atoms with Gasteiger partial charge in [-0.05, 0) is 12.1 Å². The highest BCUT2D eigenvalue weighted by Gasteiger charge is 2.26. The SMILES string of the molecule is COCC(C)(C)COc1c(-c2ncccc2OC)cc(C(=O)Nc2nnc(-n3nccc3NC(C)=O)s2)oc1=O. The van der Waals surface area contributed by atoms with Crippen molar-refractivity contribution in [3.05, 3.63) is 52.8 Å². The molecule has 0 aromatic carbocycles. The molecule has 14 nitrogen and oxygen atoms in total. The Bertz CT molecular complexity index is 1580. The van der Waals surface area contributed by atoms with Crippen molar-refractivity contribution < 1.29 is 28.2 Å². The van der Waals surface area contributed by atoms with Crippen molar-refractivity contribution in [2.24, 2.45) is 5.41 Å². The molecule has 0 spiro atoms. The lowest BCUT2D eigenvalue weighted by molar-refractivity contribution is -0.114. The van der Waals surface area contributed by atoms with Gasteiger partial charge in [0.2, 0.25) is 21.9 Å². The number of carbonyl (C=O) groups excluding carboxylic acids is 2. The van der Waals surface area contributed by atoms with Gasteiger partial charge in [-0.2, -0.15) is 9.78 Å². The third-order valence-corrected chi connectivity index (χ3v) is 6.10. The Hall–Kier alpha value is -4.63. The largest absolute Gasteiger partial charge is 0.494 e. The van der Waals surface area contributed by atoms with Gasteiger partial charge in [-0.1, -0.05) is 25.2 Å². The van der Waals surface area contributed by atoms with Crippen LogP contribution in [0.3, 0.4) is 0 Å². The lowest BCUT2D eigenvalue weighted by atomic mass is 9.96. The highest BCUT2D eigenvalue weighted by Crippen LogP contribution is 2.34. The van der Waals surface area contributed by atoms with E-state index in [1.807, 2.05) is 13.8 Å². The molecular weight excluding hydrogens is 542 g/mol. The molecule has 15 heteroatoms. The van der Waals surface area contributed by atoms with Gasteiger partial charge < -0.3 is 23.9 Å². The van der Waals surface area contributed by atoms with Crippen LogP contribution in [-0.2, 0) is 9.53 Å². The van der Waals surface area contributed by atoms with E-state index in [9.17, 15) is 14.4 Å². The van der Waals surface area contributed by atoms with E-state index in [0.29, 0.717) is 18.2 Å². The Morgan fingerprint density at radius 1 is 1.12 bits per heavy atom. The predicted molar refractivity (Wildman–Crippen MR) is 145 cm³/mol. The number of aromatic nitrogens is 5. The summed E-state index contributed by atoms with van der Waals surface area (Å²) in [7, 11) is 3.04. The average molecular weight is 570 g/mol. The van der Waals surface area contributed by atoms with Crippen LogP contribution in [0.15, 0.2) is 45.9 Å². The van der Waals surface area contributed by atoms with Crippen molar-refractivity contribution in [2.75, 3.05) is 38.1 Å². The number of hydrogen-bond acceptors (Lipinski definition) is 12. The number of ether oxygens (including phenoxy) is 3. The molecular formula is C25H27N7O7S. The highest BCUT2D eigenvalue weighted by molar-refractivity contribution is 7.17. The Morgan fingerprint density at radius 2 is 1.93 bits per heavy atom. The summed E-state index contributed by atoms with van der Waals surface area (Å²) in [6.45, 7) is 5.71. The van der Waals surface area contributed by atoms with Gasteiger partial charge in [0.1, 0.15) is 17.3 Å². The fourth-order valence-corrected chi connectivity index (χ4v) is 4.32. The zero-order chi connectivity index (χ0) is 28.9. The molecule has 4 heterocycles. The number of amides is 2. The number of pyridine rings is 1. The quantitative estimate of drug-likeness (QED) is 0.272. The summed E-state index contributed by atoms with van der Waals surface area (Å²) in [5.74, 6) is -0.741. The Balaban J connectivity index is 1.66. The van der Waals surface area contributed by atoms with E-state index in [4.69, 9.17) is 18.6 Å². The second kappa shape index (κ2) is 12.0. The summed E-state index contributed by atoms with van der Waals surface area (Å²) in [6.07, 6.45) is 3.01. The van der Waals surface area contributed by atoms with Crippen molar-refractivity contribution in [1.29, 1.82) is 0 Å². The van der Waals surface area contributed by atoms with Gasteiger partial charge in [0.25, 0.3) is 5.91 Å². The Kier molecular flexibility index (Phi) is 8.55. The third-order valence-electron chi connectivity index (χ3n) is 5.28. The number of nitrogens with one attached hydrogen (secondary N) is 2. The molecule has 210 valence electrons. The molecule has 4 rings (SSSR count). The molecule has 0 aliphatic rings. The lowest BCUT2D eigenvalue weighted by Crippen LogP contribution is -2.28. The van der Waals surface area contributed by atoms with E-state index >= 15 is 0 Å². The fourth-order valence-electron chi connectivity index (χ4n) is 3.61. The maximum Gasteiger partial charge on any atom is 0.379 e. The summed E-state index contributed by atoms with van der Waals surface area (Å²) in [6, 6.07) is 6.28. The van der Waals surface area contributed by atoms with Crippen LogP contribution in [0.1, 0.15) is 31.3 Å². The van der Waals surface area contributed by atoms with Gasteiger partial charge in [-0.3, -0.25) is 19.9 Å². The van der Waals surface area contributed by atoms with Crippen LogP contribution in [0.25, 0.3) is 16.4 Å². The lowest BCUT2D eigenvalue weighted by Gasteiger charge is -2.24. The molecule has 0 unspecified atom stereocenters. The van der Waals surface area contributed by atoms with Gasteiger partial charge in [0.15, 0.2) is 5.76 Å². The normalized spacial score (nSPS) is 11.2. The van der Waals surface area contributed by atoms with Crippen molar-refractivity contribution in [3.8, 4) is 27.9 Å². The number of hydrogen-bond donors (Lipinski definition) is 2. The molecule has 0 aliphatic carbocycles. The van der Waals surface area contributed by atoms with E-state index in [1.165, 1.54) is 37.2 Å². The molecule has 0 fully saturated rings. The smallest absolute Gasteiger partial charge is 0.379 e. The van der Waals surface area contributed by atoms with E-state index < -0.39 is 16.9 Å². The maximum absolute atomic E-state index is 13.1. The number of rotatable bonds is 11. The van der Waals surface area contributed by atoms with Crippen molar-refractivity contribution >= 4 is 34.1 Å². The van der Waals surface area contributed by atoms with Crippen LogP contribution in [0, 0.1) is 5.41 Å². The minimum absolute atomic E-state index is 0.102.